The summed E-state index contributed by atoms with van der Waals surface area (Å²) in [5, 5.41) is 1.84. The summed E-state index contributed by atoms with van der Waals surface area (Å²) in [5.74, 6) is 1.46. The average molecular weight is 328 g/mol. The van der Waals surface area contributed by atoms with Crippen molar-refractivity contribution in [2.75, 3.05) is 0 Å². The van der Waals surface area contributed by atoms with Gasteiger partial charge in [0.05, 0.1) is 5.52 Å². The van der Waals surface area contributed by atoms with Gasteiger partial charge in [-0.2, -0.15) is 0 Å². The Labute approximate surface area is 126 Å². The molecule has 0 amide bonds. The van der Waals surface area contributed by atoms with Crippen LogP contribution in [0.1, 0.15) is 11.1 Å². The smallest absolute Gasteiger partial charge is 0.223 e. The molecular weight excluding hydrogens is 314 g/mol. The lowest BCUT2D eigenvalue weighted by Crippen LogP contribution is -1.94. The van der Waals surface area contributed by atoms with E-state index in [0.717, 1.165) is 22.2 Å². The largest absolute Gasteiger partial charge is 0.439 e. The fraction of sp³-hybridized carbons (Fsp3) is 0.118. The lowest BCUT2D eigenvalue weighted by Gasteiger charge is -2.10. The highest BCUT2D eigenvalue weighted by Gasteiger charge is 2.08. The van der Waals surface area contributed by atoms with Gasteiger partial charge in [-0.05, 0) is 31.2 Å². The van der Waals surface area contributed by atoms with Crippen LogP contribution in [0, 0.1) is 6.92 Å². The molecule has 1 aromatic heterocycles. The van der Waals surface area contributed by atoms with Crippen molar-refractivity contribution >= 4 is 26.8 Å². The monoisotopic (exact) mass is 327 g/mol. The zero-order chi connectivity index (χ0) is 13.9. The maximum Gasteiger partial charge on any atom is 0.223 e. The summed E-state index contributed by atoms with van der Waals surface area (Å²) in [7, 11) is 0. The number of hydrogen-bond acceptors (Lipinski definition) is 2. The molecule has 3 heteroatoms. The van der Waals surface area contributed by atoms with Crippen molar-refractivity contribution < 1.29 is 4.74 Å². The number of para-hydroxylation sites is 1. The second-order valence-electron chi connectivity index (χ2n) is 4.69. The number of nitrogens with zero attached hydrogens (tertiary/aromatic N) is 1. The molecule has 2 aromatic carbocycles. The van der Waals surface area contributed by atoms with Crippen LogP contribution < -0.4 is 4.74 Å². The van der Waals surface area contributed by atoms with Crippen molar-refractivity contribution in [1.29, 1.82) is 0 Å². The van der Waals surface area contributed by atoms with Gasteiger partial charge in [0.1, 0.15) is 5.75 Å². The highest BCUT2D eigenvalue weighted by Crippen LogP contribution is 2.28. The van der Waals surface area contributed by atoms with Gasteiger partial charge < -0.3 is 4.74 Å². The van der Waals surface area contributed by atoms with Crippen molar-refractivity contribution in [1.82, 2.24) is 4.98 Å². The Morgan fingerprint density at radius 1 is 1.05 bits per heavy atom. The summed E-state index contributed by atoms with van der Waals surface area (Å²) < 4.78 is 5.92. The zero-order valence-electron chi connectivity index (χ0n) is 11.1. The summed E-state index contributed by atoms with van der Waals surface area (Å²) >= 11 is 3.50. The molecule has 0 aliphatic carbocycles. The molecule has 20 heavy (non-hydrogen) atoms. The predicted molar refractivity (Wildman–Crippen MR) is 85.6 cm³/mol. The van der Waals surface area contributed by atoms with Gasteiger partial charge in [0, 0.05) is 16.3 Å². The molecule has 0 N–H and O–H groups in total. The van der Waals surface area contributed by atoms with Gasteiger partial charge in [-0.15, -0.1) is 0 Å². The highest BCUT2D eigenvalue weighted by molar-refractivity contribution is 9.08. The molecule has 0 atom stereocenters. The lowest BCUT2D eigenvalue weighted by molar-refractivity contribution is 0.461. The third-order valence-corrected chi connectivity index (χ3v) is 3.75. The van der Waals surface area contributed by atoms with Crippen molar-refractivity contribution in [3.8, 4) is 11.6 Å². The number of rotatable bonds is 3. The van der Waals surface area contributed by atoms with Crippen LogP contribution in [-0.2, 0) is 5.33 Å². The number of halogens is 1. The molecule has 100 valence electrons. The van der Waals surface area contributed by atoms with Crippen LogP contribution in [0.15, 0.2) is 54.6 Å². The van der Waals surface area contributed by atoms with Gasteiger partial charge in [0.2, 0.25) is 5.88 Å². The van der Waals surface area contributed by atoms with Gasteiger partial charge in [0.15, 0.2) is 0 Å². The van der Waals surface area contributed by atoms with Crippen molar-refractivity contribution in [2.24, 2.45) is 0 Å². The molecule has 3 aromatic rings. The Hall–Kier alpha value is -1.87. The zero-order valence-corrected chi connectivity index (χ0v) is 12.7. The number of aryl methyl sites for hydroxylation is 1. The predicted octanol–water partition coefficient (Wildman–Crippen LogP) is 5.23. The summed E-state index contributed by atoms with van der Waals surface area (Å²) in [5.41, 5.74) is 3.20. The fourth-order valence-electron chi connectivity index (χ4n) is 2.04. The van der Waals surface area contributed by atoms with Crippen LogP contribution >= 0.6 is 15.9 Å². The Morgan fingerprint density at radius 2 is 1.80 bits per heavy atom. The Kier molecular flexibility index (Phi) is 3.70. The first-order valence-corrected chi connectivity index (χ1v) is 7.57. The van der Waals surface area contributed by atoms with Gasteiger partial charge >= 0.3 is 0 Å². The fourth-order valence-corrected chi connectivity index (χ4v) is 2.45. The number of aromatic nitrogens is 1. The second kappa shape index (κ2) is 5.63. The molecule has 0 aliphatic rings. The van der Waals surface area contributed by atoms with E-state index in [1.807, 2.05) is 42.5 Å². The number of benzene rings is 2. The Balaban J connectivity index is 2.03. The molecule has 0 aliphatic heterocycles. The minimum atomic E-state index is 0.657. The number of ether oxygens (including phenoxy) is 1. The van der Waals surface area contributed by atoms with Gasteiger partial charge in [-0.25, -0.2) is 4.98 Å². The Morgan fingerprint density at radius 3 is 2.55 bits per heavy atom. The number of pyridine rings is 1. The molecule has 3 rings (SSSR count). The molecular formula is C17H14BrNO. The molecule has 0 spiro atoms. The van der Waals surface area contributed by atoms with Crippen LogP contribution in [0.4, 0.5) is 0 Å². The van der Waals surface area contributed by atoms with E-state index in [-0.39, 0.29) is 0 Å². The van der Waals surface area contributed by atoms with E-state index >= 15 is 0 Å². The number of hydrogen-bond donors (Lipinski definition) is 0. The molecule has 0 unspecified atom stereocenters. The Bertz CT molecular complexity index is 738. The van der Waals surface area contributed by atoms with Crippen LogP contribution in [0.5, 0.6) is 11.6 Å². The molecule has 0 radical (unpaired) electrons. The maximum absolute atomic E-state index is 5.92. The standard InChI is InChI=1S/C17H14BrNO/c1-12-6-8-15(9-7-12)20-17-14(11-18)10-13-4-2-3-5-16(13)19-17/h2-10H,11H2,1H3. The van der Waals surface area contributed by atoms with E-state index in [1.54, 1.807) is 0 Å². The molecule has 2 nitrogen and oxygen atoms in total. The van der Waals surface area contributed by atoms with Crippen LogP contribution in [0.3, 0.4) is 0 Å². The molecule has 0 saturated carbocycles. The van der Waals surface area contributed by atoms with Crippen molar-refractivity contribution in [3.05, 3.63) is 65.7 Å². The lowest BCUT2D eigenvalue weighted by atomic mass is 10.2. The van der Waals surface area contributed by atoms with E-state index in [2.05, 4.69) is 40.0 Å². The van der Waals surface area contributed by atoms with Crippen LogP contribution in [0.25, 0.3) is 10.9 Å². The summed E-state index contributed by atoms with van der Waals surface area (Å²) in [6, 6.07) is 18.2. The molecule has 0 saturated heterocycles. The van der Waals surface area contributed by atoms with Crippen LogP contribution in [-0.4, -0.2) is 4.98 Å². The van der Waals surface area contributed by atoms with E-state index in [4.69, 9.17) is 4.74 Å². The van der Waals surface area contributed by atoms with Gasteiger partial charge in [-0.1, -0.05) is 51.8 Å². The van der Waals surface area contributed by atoms with Crippen molar-refractivity contribution in [2.45, 2.75) is 12.3 Å². The summed E-state index contributed by atoms with van der Waals surface area (Å²) in [4.78, 5) is 4.61. The third-order valence-electron chi connectivity index (χ3n) is 3.14. The quantitative estimate of drug-likeness (QED) is 0.614. The first kappa shape index (κ1) is 13.1. The highest BCUT2D eigenvalue weighted by atomic mass is 79.9. The third kappa shape index (κ3) is 2.68. The number of fused-ring (bicyclic) bond motifs is 1. The van der Waals surface area contributed by atoms with Gasteiger partial charge in [0.25, 0.3) is 0 Å². The minimum Gasteiger partial charge on any atom is -0.439 e. The van der Waals surface area contributed by atoms with E-state index in [1.165, 1.54) is 5.56 Å². The van der Waals surface area contributed by atoms with Crippen LogP contribution in [0.2, 0.25) is 0 Å². The summed E-state index contributed by atoms with van der Waals surface area (Å²) in [6.45, 7) is 2.06. The first-order chi connectivity index (χ1) is 9.76. The SMILES string of the molecule is Cc1ccc(Oc2nc3ccccc3cc2CBr)cc1. The molecule has 0 fully saturated rings. The number of alkyl halides is 1. The maximum atomic E-state index is 5.92. The van der Waals surface area contributed by atoms with E-state index in [9.17, 15) is 0 Å². The van der Waals surface area contributed by atoms with E-state index < -0.39 is 0 Å². The second-order valence-corrected chi connectivity index (χ2v) is 5.25. The molecule has 0 bridgehead atoms. The topological polar surface area (TPSA) is 22.1 Å². The van der Waals surface area contributed by atoms with Crippen molar-refractivity contribution in [3.63, 3.8) is 0 Å². The van der Waals surface area contributed by atoms with Gasteiger partial charge in [-0.3, -0.25) is 0 Å². The first-order valence-electron chi connectivity index (χ1n) is 6.45. The van der Waals surface area contributed by atoms with E-state index in [0.29, 0.717) is 11.2 Å². The average Bonchev–Trinajstić information content (AvgIpc) is 2.49. The minimum absolute atomic E-state index is 0.657. The summed E-state index contributed by atoms with van der Waals surface area (Å²) in [6.07, 6.45) is 0. The normalized spacial score (nSPS) is 10.7. The molecule has 1 heterocycles.